The quantitative estimate of drug-likeness (QED) is 0.702. The fraction of sp³-hybridized carbons (Fsp3) is 0.429. The molecule has 0 saturated carbocycles. The van der Waals surface area contributed by atoms with Crippen molar-refractivity contribution in [1.29, 1.82) is 0 Å². The summed E-state index contributed by atoms with van der Waals surface area (Å²) < 4.78 is 0. The first kappa shape index (κ1) is 12.0. The van der Waals surface area contributed by atoms with Gasteiger partial charge in [0.1, 0.15) is 0 Å². The molecule has 0 saturated heterocycles. The third-order valence-electron chi connectivity index (χ3n) is 2.53. The molecule has 0 unspecified atom stereocenters. The second-order valence-electron chi connectivity index (χ2n) is 3.87. The second kappa shape index (κ2) is 7.24. The molecule has 0 spiro atoms. The molecule has 0 aliphatic heterocycles. The zero-order valence-corrected chi connectivity index (χ0v) is 9.58. The molecule has 0 atom stereocenters. The highest BCUT2D eigenvalue weighted by Crippen LogP contribution is 2.12. The second-order valence-corrected chi connectivity index (χ2v) is 3.87. The number of hydrogen-bond donors (Lipinski definition) is 1. The first-order chi connectivity index (χ1) is 7.36. The minimum atomic E-state index is 0.679. The Morgan fingerprint density at radius 1 is 1.20 bits per heavy atom. The van der Waals surface area contributed by atoms with Crippen LogP contribution >= 0.6 is 0 Å². The monoisotopic (exact) mass is 203 g/mol. The van der Waals surface area contributed by atoms with Crippen molar-refractivity contribution < 1.29 is 0 Å². The summed E-state index contributed by atoms with van der Waals surface area (Å²) in [5.74, 6) is 0. The van der Waals surface area contributed by atoms with E-state index in [0.717, 1.165) is 6.42 Å². The van der Waals surface area contributed by atoms with Gasteiger partial charge in [0.2, 0.25) is 0 Å². The van der Waals surface area contributed by atoms with Crippen LogP contribution in [0.3, 0.4) is 0 Å². The van der Waals surface area contributed by atoms with E-state index < -0.39 is 0 Å². The molecule has 1 aromatic carbocycles. The van der Waals surface area contributed by atoms with Crippen LogP contribution in [-0.2, 0) is 0 Å². The summed E-state index contributed by atoms with van der Waals surface area (Å²) in [5, 5.41) is 0. The van der Waals surface area contributed by atoms with E-state index in [9.17, 15) is 0 Å². The Labute approximate surface area is 93.0 Å². The van der Waals surface area contributed by atoms with Gasteiger partial charge in [-0.3, -0.25) is 0 Å². The van der Waals surface area contributed by atoms with Gasteiger partial charge < -0.3 is 5.73 Å². The van der Waals surface area contributed by atoms with Gasteiger partial charge in [0, 0.05) is 6.54 Å². The Morgan fingerprint density at radius 3 is 2.53 bits per heavy atom. The Bertz CT molecular complexity index is 287. The topological polar surface area (TPSA) is 26.0 Å². The van der Waals surface area contributed by atoms with Crippen molar-refractivity contribution in [3.8, 4) is 0 Å². The summed E-state index contributed by atoms with van der Waals surface area (Å²) in [5.41, 5.74) is 8.35. The third kappa shape index (κ3) is 4.80. The number of nitrogens with two attached hydrogens (primary N) is 1. The van der Waals surface area contributed by atoms with Crippen molar-refractivity contribution in [2.24, 2.45) is 5.73 Å². The molecule has 82 valence electrons. The maximum absolute atomic E-state index is 5.73. The Morgan fingerprint density at radius 2 is 1.93 bits per heavy atom. The SMILES string of the molecule is CCCCCC(=Cc1ccccc1)CN. The molecule has 2 N–H and O–H groups in total. The highest BCUT2D eigenvalue weighted by atomic mass is 14.5. The maximum Gasteiger partial charge on any atom is 0.0140 e. The molecule has 0 bridgehead atoms. The van der Waals surface area contributed by atoms with Crippen LogP contribution < -0.4 is 5.73 Å². The van der Waals surface area contributed by atoms with E-state index in [2.05, 4.69) is 37.3 Å². The molecule has 0 radical (unpaired) electrons. The van der Waals surface area contributed by atoms with E-state index in [0.29, 0.717) is 6.54 Å². The lowest BCUT2D eigenvalue weighted by molar-refractivity contribution is 0.709. The van der Waals surface area contributed by atoms with E-state index >= 15 is 0 Å². The standard InChI is InChI=1S/C14H21N/c1-2-3-5-10-14(12-15)11-13-8-6-4-7-9-13/h4,6-9,11H,2-3,5,10,12,15H2,1H3. The van der Waals surface area contributed by atoms with Gasteiger partial charge in [-0.1, -0.05) is 61.7 Å². The van der Waals surface area contributed by atoms with Gasteiger partial charge >= 0.3 is 0 Å². The van der Waals surface area contributed by atoms with E-state index in [1.807, 2.05) is 6.07 Å². The average Bonchev–Trinajstić information content (AvgIpc) is 2.29. The van der Waals surface area contributed by atoms with Crippen LogP contribution in [0.4, 0.5) is 0 Å². The maximum atomic E-state index is 5.73. The summed E-state index contributed by atoms with van der Waals surface area (Å²) in [6.45, 7) is 2.90. The van der Waals surface area contributed by atoms with E-state index in [1.165, 1.54) is 30.4 Å². The molecule has 1 aromatic rings. The van der Waals surface area contributed by atoms with Crippen LogP contribution in [0.2, 0.25) is 0 Å². The van der Waals surface area contributed by atoms with Crippen LogP contribution in [0.5, 0.6) is 0 Å². The highest BCUT2D eigenvalue weighted by molar-refractivity contribution is 5.52. The Kier molecular flexibility index (Phi) is 5.79. The van der Waals surface area contributed by atoms with Crippen molar-refractivity contribution in [2.45, 2.75) is 32.6 Å². The van der Waals surface area contributed by atoms with Crippen molar-refractivity contribution in [2.75, 3.05) is 6.54 Å². The van der Waals surface area contributed by atoms with Gasteiger partial charge in [-0.05, 0) is 18.4 Å². The van der Waals surface area contributed by atoms with Gasteiger partial charge in [-0.25, -0.2) is 0 Å². The van der Waals surface area contributed by atoms with Crippen LogP contribution in [-0.4, -0.2) is 6.54 Å². The van der Waals surface area contributed by atoms with Crippen molar-refractivity contribution >= 4 is 6.08 Å². The van der Waals surface area contributed by atoms with Gasteiger partial charge in [0.25, 0.3) is 0 Å². The normalized spacial score (nSPS) is 11.7. The smallest absolute Gasteiger partial charge is 0.0140 e. The summed E-state index contributed by atoms with van der Waals surface area (Å²) >= 11 is 0. The minimum absolute atomic E-state index is 0.679. The molecule has 0 aliphatic carbocycles. The minimum Gasteiger partial charge on any atom is -0.327 e. The molecule has 0 aromatic heterocycles. The van der Waals surface area contributed by atoms with Crippen LogP contribution in [0.15, 0.2) is 35.9 Å². The van der Waals surface area contributed by atoms with Gasteiger partial charge in [-0.2, -0.15) is 0 Å². The van der Waals surface area contributed by atoms with E-state index in [-0.39, 0.29) is 0 Å². The van der Waals surface area contributed by atoms with Crippen LogP contribution in [0.25, 0.3) is 6.08 Å². The molecule has 0 heterocycles. The largest absolute Gasteiger partial charge is 0.327 e. The lowest BCUT2D eigenvalue weighted by Crippen LogP contribution is -2.03. The molecular weight excluding hydrogens is 182 g/mol. The zero-order valence-electron chi connectivity index (χ0n) is 9.58. The third-order valence-corrected chi connectivity index (χ3v) is 2.53. The molecule has 0 amide bonds. The Balaban J connectivity index is 2.54. The Hall–Kier alpha value is -1.08. The first-order valence-corrected chi connectivity index (χ1v) is 5.81. The number of rotatable bonds is 6. The van der Waals surface area contributed by atoms with E-state index in [1.54, 1.807) is 0 Å². The van der Waals surface area contributed by atoms with Crippen molar-refractivity contribution in [3.63, 3.8) is 0 Å². The molecule has 0 fully saturated rings. The van der Waals surface area contributed by atoms with Crippen molar-refractivity contribution in [1.82, 2.24) is 0 Å². The van der Waals surface area contributed by atoms with Crippen LogP contribution in [0, 0.1) is 0 Å². The number of hydrogen-bond acceptors (Lipinski definition) is 1. The number of unbranched alkanes of at least 4 members (excludes halogenated alkanes) is 2. The first-order valence-electron chi connectivity index (χ1n) is 5.81. The lowest BCUT2D eigenvalue weighted by Gasteiger charge is -2.04. The predicted octanol–water partition coefficient (Wildman–Crippen LogP) is 3.61. The molecule has 1 heteroatoms. The van der Waals surface area contributed by atoms with Crippen LogP contribution in [0.1, 0.15) is 38.2 Å². The van der Waals surface area contributed by atoms with Gasteiger partial charge in [0.15, 0.2) is 0 Å². The molecular formula is C14H21N. The van der Waals surface area contributed by atoms with E-state index in [4.69, 9.17) is 5.73 Å². The van der Waals surface area contributed by atoms with Crippen molar-refractivity contribution in [3.05, 3.63) is 41.5 Å². The molecule has 1 nitrogen and oxygen atoms in total. The predicted molar refractivity (Wildman–Crippen MR) is 67.6 cm³/mol. The molecule has 15 heavy (non-hydrogen) atoms. The highest BCUT2D eigenvalue weighted by Gasteiger charge is 1.95. The van der Waals surface area contributed by atoms with Gasteiger partial charge in [0.05, 0.1) is 0 Å². The summed E-state index contributed by atoms with van der Waals surface area (Å²) in [7, 11) is 0. The lowest BCUT2D eigenvalue weighted by atomic mass is 10.0. The number of benzene rings is 1. The molecule has 1 rings (SSSR count). The summed E-state index contributed by atoms with van der Waals surface area (Å²) in [4.78, 5) is 0. The zero-order chi connectivity index (χ0) is 10.9. The molecule has 0 aliphatic rings. The summed E-state index contributed by atoms with van der Waals surface area (Å²) in [6, 6.07) is 10.4. The fourth-order valence-corrected chi connectivity index (χ4v) is 1.62. The average molecular weight is 203 g/mol. The fourth-order valence-electron chi connectivity index (χ4n) is 1.62. The summed E-state index contributed by atoms with van der Waals surface area (Å²) in [6.07, 6.45) is 7.18. The van der Waals surface area contributed by atoms with Gasteiger partial charge in [-0.15, -0.1) is 0 Å².